The molecule has 0 aliphatic carbocycles. The molecule has 0 radical (unpaired) electrons. The van der Waals surface area contributed by atoms with Gasteiger partial charge in [-0.1, -0.05) is 35.9 Å². The number of nitro benzene ring substituents is 1. The second-order valence-electron chi connectivity index (χ2n) is 5.01. The SMILES string of the molecule is O=C1CCC(c2cccc(Cl)c2)=NN1c1ccccc1[N+](=O)[O-]. The second-order valence-corrected chi connectivity index (χ2v) is 5.44. The smallest absolute Gasteiger partial charge is 0.273 e. The van der Waals surface area contributed by atoms with E-state index in [1.165, 1.54) is 12.1 Å². The van der Waals surface area contributed by atoms with E-state index < -0.39 is 4.92 Å². The molecule has 7 heteroatoms. The van der Waals surface area contributed by atoms with Crippen LogP contribution in [-0.2, 0) is 4.79 Å². The van der Waals surface area contributed by atoms with Gasteiger partial charge in [0, 0.05) is 23.9 Å². The minimum Gasteiger partial charge on any atom is -0.273 e. The van der Waals surface area contributed by atoms with E-state index in [-0.39, 0.29) is 23.7 Å². The number of hydrazone groups is 1. The van der Waals surface area contributed by atoms with Crippen LogP contribution in [0.25, 0.3) is 0 Å². The normalized spacial score (nSPS) is 14.6. The molecule has 1 amide bonds. The first-order chi connectivity index (χ1) is 11.1. The molecule has 1 aliphatic rings. The van der Waals surface area contributed by atoms with Crippen molar-refractivity contribution in [1.82, 2.24) is 0 Å². The molecule has 1 aliphatic heterocycles. The predicted molar refractivity (Wildman–Crippen MR) is 87.8 cm³/mol. The Morgan fingerprint density at radius 2 is 1.91 bits per heavy atom. The number of hydrogen-bond acceptors (Lipinski definition) is 4. The minimum atomic E-state index is -0.522. The van der Waals surface area contributed by atoms with E-state index in [2.05, 4.69) is 5.10 Å². The molecule has 2 aromatic carbocycles. The molecule has 0 saturated carbocycles. The van der Waals surface area contributed by atoms with Gasteiger partial charge in [-0.25, -0.2) is 0 Å². The van der Waals surface area contributed by atoms with Crippen LogP contribution in [0.4, 0.5) is 11.4 Å². The molecule has 0 aromatic heterocycles. The summed E-state index contributed by atoms with van der Waals surface area (Å²) in [6.07, 6.45) is 0.702. The fraction of sp³-hybridized carbons (Fsp3) is 0.125. The highest BCUT2D eigenvalue weighted by Crippen LogP contribution is 2.31. The third-order valence-electron chi connectivity index (χ3n) is 3.50. The molecule has 116 valence electrons. The molecular weight excluding hydrogens is 318 g/mol. The van der Waals surface area contributed by atoms with Gasteiger partial charge in [0.05, 0.1) is 10.6 Å². The topological polar surface area (TPSA) is 75.8 Å². The van der Waals surface area contributed by atoms with E-state index in [0.717, 1.165) is 10.6 Å². The van der Waals surface area contributed by atoms with Crippen molar-refractivity contribution in [3.63, 3.8) is 0 Å². The van der Waals surface area contributed by atoms with Gasteiger partial charge in [0.2, 0.25) is 5.91 Å². The second kappa shape index (κ2) is 6.18. The zero-order valence-electron chi connectivity index (χ0n) is 12.0. The Bertz CT molecular complexity index is 820. The molecule has 3 rings (SSSR count). The van der Waals surface area contributed by atoms with Crippen LogP contribution in [0.3, 0.4) is 0 Å². The van der Waals surface area contributed by atoms with Gasteiger partial charge >= 0.3 is 0 Å². The maximum absolute atomic E-state index is 12.2. The van der Waals surface area contributed by atoms with E-state index in [1.807, 2.05) is 6.07 Å². The highest BCUT2D eigenvalue weighted by molar-refractivity contribution is 6.31. The van der Waals surface area contributed by atoms with Gasteiger partial charge in [0.15, 0.2) is 0 Å². The molecule has 0 N–H and O–H groups in total. The van der Waals surface area contributed by atoms with Gasteiger partial charge in [-0.3, -0.25) is 14.9 Å². The van der Waals surface area contributed by atoms with Crippen molar-refractivity contribution in [2.75, 3.05) is 5.01 Å². The number of nitro groups is 1. The van der Waals surface area contributed by atoms with Crippen LogP contribution in [0, 0.1) is 10.1 Å². The monoisotopic (exact) mass is 329 g/mol. The van der Waals surface area contributed by atoms with Crippen LogP contribution in [-0.4, -0.2) is 16.5 Å². The summed E-state index contributed by atoms with van der Waals surface area (Å²) < 4.78 is 0. The lowest BCUT2D eigenvalue weighted by atomic mass is 10.0. The summed E-state index contributed by atoms with van der Waals surface area (Å²) in [5.74, 6) is -0.273. The average molecular weight is 330 g/mol. The summed E-state index contributed by atoms with van der Waals surface area (Å²) in [7, 11) is 0. The van der Waals surface area contributed by atoms with Crippen LogP contribution in [0.15, 0.2) is 53.6 Å². The summed E-state index contributed by atoms with van der Waals surface area (Å²) in [6.45, 7) is 0. The Hall–Kier alpha value is -2.73. The van der Waals surface area contributed by atoms with Gasteiger partial charge in [0.25, 0.3) is 5.69 Å². The number of hydrogen-bond donors (Lipinski definition) is 0. The van der Waals surface area contributed by atoms with Crippen LogP contribution in [0.5, 0.6) is 0 Å². The number of halogens is 1. The van der Waals surface area contributed by atoms with Gasteiger partial charge in [-0.15, -0.1) is 0 Å². The van der Waals surface area contributed by atoms with Crippen molar-refractivity contribution in [1.29, 1.82) is 0 Å². The summed E-state index contributed by atoms with van der Waals surface area (Å²) >= 11 is 5.99. The fourth-order valence-electron chi connectivity index (χ4n) is 2.41. The van der Waals surface area contributed by atoms with Crippen molar-refractivity contribution in [3.8, 4) is 0 Å². The summed E-state index contributed by atoms with van der Waals surface area (Å²) in [5, 5.41) is 17.2. The predicted octanol–water partition coefficient (Wildman–Crippen LogP) is 3.78. The van der Waals surface area contributed by atoms with E-state index >= 15 is 0 Å². The lowest BCUT2D eigenvalue weighted by Crippen LogP contribution is -2.32. The molecule has 23 heavy (non-hydrogen) atoms. The molecule has 0 saturated heterocycles. The van der Waals surface area contributed by atoms with Gasteiger partial charge in [0.1, 0.15) is 5.69 Å². The zero-order valence-corrected chi connectivity index (χ0v) is 12.7. The number of benzene rings is 2. The number of para-hydroxylation sites is 2. The third kappa shape index (κ3) is 3.07. The third-order valence-corrected chi connectivity index (χ3v) is 3.73. The Morgan fingerprint density at radius 3 is 2.65 bits per heavy atom. The summed E-state index contributed by atoms with van der Waals surface area (Å²) in [4.78, 5) is 22.8. The molecule has 6 nitrogen and oxygen atoms in total. The van der Waals surface area contributed by atoms with Crippen molar-refractivity contribution in [2.24, 2.45) is 5.10 Å². The lowest BCUT2D eigenvalue weighted by molar-refractivity contribution is -0.384. The first kappa shape index (κ1) is 15.2. The van der Waals surface area contributed by atoms with Crippen molar-refractivity contribution < 1.29 is 9.72 Å². The number of carbonyl (C=O) groups is 1. The maximum Gasteiger partial charge on any atom is 0.295 e. The van der Waals surface area contributed by atoms with E-state index in [0.29, 0.717) is 17.2 Å². The number of carbonyl (C=O) groups excluding carboxylic acids is 1. The molecule has 0 spiro atoms. The Morgan fingerprint density at radius 1 is 1.13 bits per heavy atom. The molecule has 1 heterocycles. The van der Waals surface area contributed by atoms with E-state index in [1.54, 1.807) is 30.3 Å². The van der Waals surface area contributed by atoms with Crippen LogP contribution in [0.1, 0.15) is 18.4 Å². The van der Waals surface area contributed by atoms with E-state index in [9.17, 15) is 14.9 Å². The maximum atomic E-state index is 12.2. The number of nitrogens with zero attached hydrogens (tertiary/aromatic N) is 3. The first-order valence-corrected chi connectivity index (χ1v) is 7.34. The van der Waals surface area contributed by atoms with Crippen molar-refractivity contribution >= 4 is 34.6 Å². The summed E-state index contributed by atoms with van der Waals surface area (Å²) in [5.41, 5.74) is 1.48. The van der Waals surface area contributed by atoms with Crippen LogP contribution < -0.4 is 5.01 Å². The lowest BCUT2D eigenvalue weighted by Gasteiger charge is -2.23. The van der Waals surface area contributed by atoms with Crippen LogP contribution in [0.2, 0.25) is 5.02 Å². The number of anilines is 1. The van der Waals surface area contributed by atoms with Crippen molar-refractivity contribution in [3.05, 3.63) is 69.2 Å². The quantitative estimate of drug-likeness (QED) is 0.635. The Balaban J connectivity index is 2.06. The van der Waals surface area contributed by atoms with Gasteiger partial charge in [-0.2, -0.15) is 10.1 Å². The van der Waals surface area contributed by atoms with Crippen molar-refractivity contribution in [2.45, 2.75) is 12.8 Å². The standard InChI is InChI=1S/C16H12ClN3O3/c17-12-5-3-4-11(10-12)13-8-9-16(21)19(18-13)14-6-1-2-7-15(14)20(22)23/h1-7,10H,8-9H2. The van der Waals surface area contributed by atoms with E-state index in [4.69, 9.17) is 11.6 Å². The van der Waals surface area contributed by atoms with Gasteiger partial charge in [-0.05, 0) is 23.8 Å². The van der Waals surface area contributed by atoms with Crippen LogP contribution >= 0.6 is 11.6 Å². The first-order valence-electron chi connectivity index (χ1n) is 6.96. The van der Waals surface area contributed by atoms with Gasteiger partial charge < -0.3 is 0 Å². The Labute approximate surface area is 137 Å². The average Bonchev–Trinajstić information content (AvgIpc) is 2.55. The number of rotatable bonds is 3. The molecule has 0 atom stereocenters. The number of amides is 1. The summed E-state index contributed by atoms with van der Waals surface area (Å²) in [6, 6.07) is 13.2. The molecular formula is C16H12ClN3O3. The molecule has 0 bridgehead atoms. The molecule has 0 unspecified atom stereocenters. The molecule has 0 fully saturated rings. The highest BCUT2D eigenvalue weighted by atomic mass is 35.5. The fourth-order valence-corrected chi connectivity index (χ4v) is 2.60. The minimum absolute atomic E-state index is 0.156. The zero-order chi connectivity index (χ0) is 16.4. The molecule has 2 aromatic rings. The highest BCUT2D eigenvalue weighted by Gasteiger charge is 2.28. The largest absolute Gasteiger partial charge is 0.295 e. The Kier molecular flexibility index (Phi) is 4.08.